The Labute approximate surface area is 56.0 Å². The number of alkyl halides is 4. The van der Waals surface area contributed by atoms with E-state index in [2.05, 4.69) is 4.74 Å². The fourth-order valence-corrected chi connectivity index (χ4v) is 0.520. The normalized spacial score (nSPS) is 15.3. The van der Waals surface area contributed by atoms with E-state index in [1.807, 2.05) is 0 Å². The van der Waals surface area contributed by atoms with Crippen molar-refractivity contribution in [3.05, 3.63) is 0 Å². The first kappa shape index (κ1) is 9.68. The Kier molecular flexibility index (Phi) is 3.63. The van der Waals surface area contributed by atoms with Crippen molar-refractivity contribution in [3.63, 3.8) is 0 Å². The highest BCUT2D eigenvalue weighted by molar-refractivity contribution is 4.63. The van der Waals surface area contributed by atoms with Gasteiger partial charge < -0.3 is 4.74 Å². The van der Waals surface area contributed by atoms with Crippen molar-refractivity contribution in [1.29, 1.82) is 0 Å². The molecule has 0 N–H and O–H groups in total. The average molecular weight is 160 g/mol. The smallest absolute Gasteiger partial charge is 0.338 e. The fraction of sp³-hybridized carbons (Fsp3) is 1.00. The third-order valence-electron chi connectivity index (χ3n) is 1.00. The third kappa shape index (κ3) is 3.00. The van der Waals surface area contributed by atoms with Crippen molar-refractivity contribution in [2.24, 2.45) is 0 Å². The van der Waals surface area contributed by atoms with Crippen LogP contribution in [0.15, 0.2) is 0 Å². The van der Waals surface area contributed by atoms with E-state index in [9.17, 15) is 17.6 Å². The summed E-state index contributed by atoms with van der Waals surface area (Å²) in [5, 5.41) is 0. The van der Waals surface area contributed by atoms with Gasteiger partial charge in [-0.1, -0.05) is 6.92 Å². The quantitative estimate of drug-likeness (QED) is 0.575. The van der Waals surface area contributed by atoms with Crippen LogP contribution in [0.2, 0.25) is 0 Å². The minimum absolute atomic E-state index is 0.257. The van der Waals surface area contributed by atoms with Crippen LogP contribution in [-0.4, -0.2) is 19.1 Å². The predicted molar refractivity (Wildman–Crippen MR) is 27.2 cm³/mol. The molecule has 1 unspecified atom stereocenters. The van der Waals surface area contributed by atoms with Crippen molar-refractivity contribution in [2.45, 2.75) is 25.6 Å². The van der Waals surface area contributed by atoms with Crippen LogP contribution in [0.4, 0.5) is 17.6 Å². The van der Waals surface area contributed by atoms with Gasteiger partial charge >= 0.3 is 6.18 Å². The van der Waals surface area contributed by atoms with E-state index < -0.39 is 19.1 Å². The maximum Gasteiger partial charge on any atom is 0.414 e. The van der Waals surface area contributed by atoms with E-state index in [-0.39, 0.29) is 6.42 Å². The summed E-state index contributed by atoms with van der Waals surface area (Å²) in [6.45, 7) is -0.105. The van der Waals surface area contributed by atoms with Crippen molar-refractivity contribution < 1.29 is 22.3 Å². The zero-order valence-corrected chi connectivity index (χ0v) is 5.41. The van der Waals surface area contributed by atoms with Gasteiger partial charge in [0.15, 0.2) is 13.0 Å². The Hall–Kier alpha value is -0.320. The van der Waals surface area contributed by atoms with Gasteiger partial charge in [-0.05, 0) is 6.42 Å². The Balaban J connectivity index is 3.81. The number of halogens is 4. The van der Waals surface area contributed by atoms with Gasteiger partial charge in [0.25, 0.3) is 0 Å². The minimum atomic E-state index is -4.44. The lowest BCUT2D eigenvalue weighted by atomic mass is 10.3. The van der Waals surface area contributed by atoms with E-state index in [0.717, 1.165) is 0 Å². The van der Waals surface area contributed by atoms with Crippen LogP contribution in [0.5, 0.6) is 0 Å². The average Bonchev–Trinajstić information content (AvgIpc) is 1.80. The lowest BCUT2D eigenvalue weighted by Gasteiger charge is -2.16. The number of ether oxygens (including phenoxy) is 1. The van der Waals surface area contributed by atoms with Gasteiger partial charge in [-0.2, -0.15) is 13.2 Å². The molecule has 1 nitrogen and oxygen atoms in total. The molecule has 62 valence electrons. The first-order valence-corrected chi connectivity index (χ1v) is 2.76. The van der Waals surface area contributed by atoms with Gasteiger partial charge in [0.1, 0.15) is 0 Å². The van der Waals surface area contributed by atoms with Gasteiger partial charge in [0.2, 0.25) is 0 Å². The van der Waals surface area contributed by atoms with E-state index in [1.165, 1.54) is 6.92 Å². The lowest BCUT2D eigenvalue weighted by molar-refractivity contribution is -0.229. The third-order valence-corrected chi connectivity index (χ3v) is 1.00. The molecular weight excluding hydrogens is 152 g/mol. The molecule has 10 heavy (non-hydrogen) atoms. The van der Waals surface area contributed by atoms with E-state index in [1.54, 1.807) is 0 Å². The van der Waals surface area contributed by atoms with E-state index in [4.69, 9.17) is 0 Å². The summed E-state index contributed by atoms with van der Waals surface area (Å²) in [5.74, 6) is 0. The van der Waals surface area contributed by atoms with Crippen LogP contribution in [0.1, 0.15) is 13.3 Å². The molecule has 0 radical (unpaired) electrons. The summed E-state index contributed by atoms with van der Waals surface area (Å²) >= 11 is 0. The maximum atomic E-state index is 11.6. The standard InChI is InChI=1S/C5H8F4O/c1-2-4(10-3-6)5(7,8)9/h4H,2-3H2,1H3. The lowest BCUT2D eigenvalue weighted by Crippen LogP contribution is -2.30. The SMILES string of the molecule is CCC(OCF)C(F)(F)F. The number of rotatable bonds is 3. The predicted octanol–water partition coefficient (Wildman–Crippen LogP) is 2.27. The molecule has 0 saturated carbocycles. The van der Waals surface area contributed by atoms with Gasteiger partial charge in [0.05, 0.1) is 0 Å². The maximum absolute atomic E-state index is 11.6. The zero-order chi connectivity index (χ0) is 8.20. The molecule has 0 spiro atoms. The number of hydrogen-bond donors (Lipinski definition) is 0. The molecule has 0 amide bonds. The Morgan fingerprint density at radius 2 is 1.90 bits per heavy atom. The molecule has 0 aromatic heterocycles. The highest BCUT2D eigenvalue weighted by atomic mass is 19.4. The fourth-order valence-electron chi connectivity index (χ4n) is 0.520. The zero-order valence-electron chi connectivity index (χ0n) is 5.41. The summed E-state index contributed by atoms with van der Waals surface area (Å²) in [6.07, 6.45) is -6.66. The van der Waals surface area contributed by atoms with Gasteiger partial charge in [-0.3, -0.25) is 0 Å². The van der Waals surface area contributed by atoms with E-state index in [0.29, 0.717) is 0 Å². The molecule has 0 saturated heterocycles. The van der Waals surface area contributed by atoms with Gasteiger partial charge in [0, 0.05) is 0 Å². The molecular formula is C5H8F4O. The van der Waals surface area contributed by atoms with Crippen molar-refractivity contribution in [2.75, 3.05) is 6.86 Å². The molecule has 5 heteroatoms. The topological polar surface area (TPSA) is 9.23 Å². The van der Waals surface area contributed by atoms with Crippen molar-refractivity contribution in [3.8, 4) is 0 Å². The Bertz CT molecular complexity index is 90.1. The first-order chi connectivity index (χ1) is 4.52. The second-order valence-electron chi connectivity index (χ2n) is 1.71. The second-order valence-corrected chi connectivity index (χ2v) is 1.71. The Morgan fingerprint density at radius 1 is 1.40 bits per heavy atom. The van der Waals surface area contributed by atoms with Gasteiger partial charge in [-0.15, -0.1) is 0 Å². The highest BCUT2D eigenvalue weighted by Crippen LogP contribution is 2.24. The molecule has 0 aliphatic carbocycles. The molecule has 0 aliphatic rings. The van der Waals surface area contributed by atoms with Crippen LogP contribution in [-0.2, 0) is 4.74 Å². The van der Waals surface area contributed by atoms with Crippen LogP contribution in [0, 0.1) is 0 Å². The summed E-state index contributed by atoms with van der Waals surface area (Å²) in [4.78, 5) is 0. The van der Waals surface area contributed by atoms with Crippen LogP contribution in [0.3, 0.4) is 0 Å². The van der Waals surface area contributed by atoms with Crippen molar-refractivity contribution >= 4 is 0 Å². The molecule has 1 atom stereocenters. The molecule has 0 rings (SSSR count). The second kappa shape index (κ2) is 3.75. The largest absolute Gasteiger partial charge is 0.414 e. The minimum Gasteiger partial charge on any atom is -0.338 e. The van der Waals surface area contributed by atoms with Crippen molar-refractivity contribution in [1.82, 2.24) is 0 Å². The molecule has 0 aromatic carbocycles. The summed E-state index contributed by atoms with van der Waals surface area (Å²) in [5.41, 5.74) is 0. The summed E-state index contributed by atoms with van der Waals surface area (Å²) in [7, 11) is 0. The molecule has 0 fully saturated rings. The molecule has 0 bridgehead atoms. The van der Waals surface area contributed by atoms with Crippen LogP contribution >= 0.6 is 0 Å². The van der Waals surface area contributed by atoms with Gasteiger partial charge in [-0.25, -0.2) is 4.39 Å². The molecule has 0 heterocycles. The molecule has 0 aliphatic heterocycles. The Morgan fingerprint density at radius 3 is 2.00 bits per heavy atom. The summed E-state index contributed by atoms with van der Waals surface area (Å²) < 4.78 is 49.8. The highest BCUT2D eigenvalue weighted by Gasteiger charge is 2.39. The number of hydrogen-bond acceptors (Lipinski definition) is 1. The monoisotopic (exact) mass is 160 g/mol. The van der Waals surface area contributed by atoms with E-state index >= 15 is 0 Å². The van der Waals surface area contributed by atoms with Crippen LogP contribution in [0.25, 0.3) is 0 Å². The summed E-state index contributed by atoms with van der Waals surface area (Å²) in [6, 6.07) is 0. The van der Waals surface area contributed by atoms with Crippen LogP contribution < -0.4 is 0 Å². The molecule has 0 aromatic rings. The first-order valence-electron chi connectivity index (χ1n) is 2.76.